The molecule has 0 radical (unpaired) electrons. The minimum absolute atomic E-state index is 0.00891. The Bertz CT molecular complexity index is 2670. The molecule has 0 spiro atoms. The van der Waals surface area contributed by atoms with Crippen molar-refractivity contribution in [3.05, 3.63) is 54.2 Å². The molecule has 3 rings (SSSR count). The number of carboxylic acids is 2. The second-order valence-corrected chi connectivity index (χ2v) is 19.5. The summed E-state index contributed by atoms with van der Waals surface area (Å²) in [5, 5.41) is 41.2. The number of H-pyrrole nitrogens is 2. The number of hydrogen-bond donors (Lipinski definition) is 16. The van der Waals surface area contributed by atoms with E-state index < -0.39 is 164 Å². The highest BCUT2D eigenvalue weighted by Crippen LogP contribution is 2.19. The molecule has 8 atom stereocenters. The Morgan fingerprint density at radius 2 is 1.11 bits per heavy atom. The van der Waals surface area contributed by atoms with Gasteiger partial charge in [-0.3, -0.25) is 57.5 Å². The number of nitrogens with two attached hydrogens (primary N) is 3. The lowest BCUT2D eigenvalue weighted by Gasteiger charge is -2.26. The van der Waals surface area contributed by atoms with E-state index >= 15 is 0 Å². The van der Waals surface area contributed by atoms with Gasteiger partial charge in [0, 0.05) is 41.8 Å². The molecule has 0 saturated carbocycles. The third-order valence-electron chi connectivity index (χ3n) is 11.7. The van der Waals surface area contributed by atoms with Gasteiger partial charge in [-0.15, -0.1) is 0 Å². The highest BCUT2D eigenvalue weighted by Gasteiger charge is 2.34. The molecule has 0 aliphatic heterocycles. The van der Waals surface area contributed by atoms with Gasteiger partial charge in [-0.1, -0.05) is 45.9 Å². The number of aliphatic carboxylic acids is 2. The van der Waals surface area contributed by atoms with Crippen molar-refractivity contribution in [2.24, 2.45) is 29.0 Å². The van der Waals surface area contributed by atoms with Crippen molar-refractivity contribution in [2.75, 3.05) is 13.1 Å². The molecule has 0 aliphatic rings. The Hall–Kier alpha value is -8.96. The van der Waals surface area contributed by atoms with E-state index in [2.05, 4.69) is 62.8 Å². The summed E-state index contributed by atoms with van der Waals surface area (Å²) in [5.74, 6) is -13.8. The average molecular weight is 1110 g/mol. The number of carbonyl (C=O) groups excluding carboxylic acids is 11. The smallest absolute Gasteiger partial charge is 0.326 e. The lowest BCUT2D eigenvalue weighted by Crippen LogP contribution is -2.59. The van der Waals surface area contributed by atoms with Crippen molar-refractivity contribution < 1.29 is 72.5 Å². The van der Waals surface area contributed by atoms with E-state index in [1.165, 1.54) is 19.4 Å². The summed E-state index contributed by atoms with van der Waals surface area (Å²) in [5.41, 5.74) is 18.5. The number of amides is 11. The highest BCUT2D eigenvalue weighted by atomic mass is 16.4. The Labute approximate surface area is 452 Å². The molecular weight excluding hydrogens is 1040 g/mol. The van der Waals surface area contributed by atoms with Crippen molar-refractivity contribution >= 4 is 87.8 Å². The Morgan fingerprint density at radius 3 is 1.68 bits per heavy atom. The molecule has 0 fully saturated rings. The van der Waals surface area contributed by atoms with Crippen molar-refractivity contribution in [3.8, 4) is 0 Å². The first-order valence-electron chi connectivity index (χ1n) is 25.1. The summed E-state index contributed by atoms with van der Waals surface area (Å²) < 4.78 is 0. The first-order chi connectivity index (χ1) is 37.1. The molecule has 11 amide bonds. The van der Waals surface area contributed by atoms with E-state index in [-0.39, 0.29) is 37.5 Å². The van der Waals surface area contributed by atoms with Gasteiger partial charge in [-0.25, -0.2) is 9.78 Å². The fraction of sp³-hybridized carbons (Fsp3) is 0.510. The fourth-order valence-electron chi connectivity index (χ4n) is 7.76. The van der Waals surface area contributed by atoms with Gasteiger partial charge in [0.05, 0.1) is 38.3 Å². The summed E-state index contributed by atoms with van der Waals surface area (Å²) in [4.78, 5) is 176. The zero-order valence-corrected chi connectivity index (χ0v) is 44.3. The zero-order valence-electron chi connectivity index (χ0n) is 44.3. The zero-order chi connectivity index (χ0) is 59.1. The van der Waals surface area contributed by atoms with Crippen molar-refractivity contribution in [1.29, 1.82) is 0 Å². The van der Waals surface area contributed by atoms with Crippen LogP contribution >= 0.6 is 0 Å². The maximum atomic E-state index is 13.8. The Kier molecular flexibility index (Phi) is 25.5. The number of para-hydroxylation sites is 1. The molecule has 3 aromatic rings. The predicted octanol–water partition coefficient (Wildman–Crippen LogP) is -4.56. The van der Waals surface area contributed by atoms with Gasteiger partial charge < -0.3 is 85.2 Å². The monoisotopic (exact) mass is 1110 g/mol. The lowest BCUT2D eigenvalue weighted by atomic mass is 10.0. The minimum atomic E-state index is -1.72. The van der Waals surface area contributed by atoms with Crippen LogP contribution in [0.4, 0.5) is 0 Å². The number of nitrogens with one attached hydrogen (secondary N) is 11. The summed E-state index contributed by atoms with van der Waals surface area (Å²) in [7, 11) is 0. The summed E-state index contributed by atoms with van der Waals surface area (Å²) >= 11 is 0. The number of hydrogen-bond acceptors (Lipinski definition) is 15. The molecule has 0 aliphatic carbocycles. The summed E-state index contributed by atoms with van der Waals surface area (Å²) in [6.45, 7) is 6.63. The lowest BCUT2D eigenvalue weighted by molar-refractivity contribution is -0.144. The second-order valence-electron chi connectivity index (χ2n) is 19.5. The normalized spacial score (nSPS) is 14.1. The van der Waals surface area contributed by atoms with Gasteiger partial charge in [0.15, 0.2) is 0 Å². The van der Waals surface area contributed by atoms with E-state index in [4.69, 9.17) is 17.2 Å². The largest absolute Gasteiger partial charge is 0.481 e. The van der Waals surface area contributed by atoms with Crippen LogP contribution in [0, 0.1) is 11.8 Å². The topological polar surface area (TPSA) is 493 Å². The molecule has 1 aromatic carbocycles. The van der Waals surface area contributed by atoms with Crippen LogP contribution in [0.25, 0.3) is 10.9 Å². The maximum Gasteiger partial charge on any atom is 0.326 e. The van der Waals surface area contributed by atoms with Gasteiger partial charge in [-0.05, 0) is 56.1 Å². The number of imidazole rings is 1. The van der Waals surface area contributed by atoms with Gasteiger partial charge in [0.1, 0.15) is 42.3 Å². The van der Waals surface area contributed by atoms with E-state index in [9.17, 15) is 72.5 Å². The van der Waals surface area contributed by atoms with Gasteiger partial charge >= 0.3 is 11.9 Å². The van der Waals surface area contributed by atoms with Crippen LogP contribution in [0.5, 0.6) is 0 Å². The quantitative estimate of drug-likeness (QED) is 0.0268. The number of aromatic amines is 2. The molecule has 2 aromatic heterocycles. The second kappa shape index (κ2) is 31.3. The Morgan fingerprint density at radius 1 is 0.570 bits per heavy atom. The number of fused-ring (bicyclic) bond motifs is 1. The first kappa shape index (κ1) is 64.3. The van der Waals surface area contributed by atoms with Crippen LogP contribution in [-0.4, -0.2) is 164 Å². The number of carbonyl (C=O) groups is 13. The molecule has 79 heavy (non-hydrogen) atoms. The average Bonchev–Trinajstić information content (AvgIpc) is 4.07. The molecular formula is C49H71N15O15. The van der Waals surface area contributed by atoms with Gasteiger partial charge in [0.25, 0.3) is 0 Å². The highest BCUT2D eigenvalue weighted by molar-refractivity contribution is 5.98. The third-order valence-corrected chi connectivity index (χ3v) is 11.7. The van der Waals surface area contributed by atoms with Crippen LogP contribution < -0.4 is 65.1 Å². The first-order valence-corrected chi connectivity index (χ1v) is 25.1. The van der Waals surface area contributed by atoms with E-state index in [1.54, 1.807) is 40.0 Å². The van der Waals surface area contributed by atoms with Gasteiger partial charge in [-0.2, -0.15) is 0 Å². The van der Waals surface area contributed by atoms with Gasteiger partial charge in [0.2, 0.25) is 65.0 Å². The molecule has 0 bridgehead atoms. The van der Waals surface area contributed by atoms with Crippen LogP contribution in [0.15, 0.2) is 43.0 Å². The number of carboxylic acid groups (broad SMARTS) is 2. The molecule has 0 unspecified atom stereocenters. The number of primary amides is 2. The SMILES string of the molecule is CC(C)C[C@H](NC(=O)[C@H](CC(=O)O)NC(=O)[C@@H](N)Cc1c[nH]c2ccccc12)C(=O)N[C@@H](C)C(=O)NCC(=O)NCC(=O)N[C@@H](CCC(N)=O)C(=O)N[C@@H](Cc1cnc[nH]1)C(=O)N[C@@H](CC(C)C)C(=O)N[C@@H](CC(N)=O)C(=O)O. The van der Waals surface area contributed by atoms with Crippen LogP contribution in [0.1, 0.15) is 84.4 Å². The van der Waals surface area contributed by atoms with Crippen molar-refractivity contribution in [2.45, 2.75) is 134 Å². The number of aromatic nitrogens is 3. The molecule has 2 heterocycles. The van der Waals surface area contributed by atoms with Crippen molar-refractivity contribution in [3.63, 3.8) is 0 Å². The molecule has 0 saturated heterocycles. The van der Waals surface area contributed by atoms with Crippen LogP contribution in [-0.2, 0) is 75.2 Å². The fourth-order valence-corrected chi connectivity index (χ4v) is 7.76. The minimum Gasteiger partial charge on any atom is -0.481 e. The van der Waals surface area contributed by atoms with E-state index in [0.717, 1.165) is 10.9 Å². The van der Waals surface area contributed by atoms with Crippen LogP contribution in [0.2, 0.25) is 0 Å². The molecule has 432 valence electrons. The maximum absolute atomic E-state index is 13.8. The molecule has 30 heteroatoms. The van der Waals surface area contributed by atoms with Crippen LogP contribution in [0.3, 0.4) is 0 Å². The summed E-state index contributed by atoms with van der Waals surface area (Å²) in [6, 6.07) is -4.35. The molecule has 19 N–H and O–H groups in total. The van der Waals surface area contributed by atoms with E-state index in [1.807, 2.05) is 18.2 Å². The summed E-state index contributed by atoms with van der Waals surface area (Å²) in [6.07, 6.45) is 1.64. The third kappa shape index (κ3) is 22.7. The number of rotatable bonds is 34. The number of benzene rings is 1. The molecule has 30 nitrogen and oxygen atoms in total. The standard InChI is InChI=1S/C49H71N15O15/c1-23(2)12-32(61-48(77)35(17-41(69)70)60-43(72)29(50)14-26-18-54-30-9-7-6-8-28(26)30)45(74)58-25(5)42(71)56-20-39(67)55-21-40(68)59-31(10-11-37(51)65)44(73)63-34(15-27-19-53-22-57-27)47(76)62-33(13-24(3)4)46(75)64-36(49(78)79)16-38(52)66/h6-9,18-19,22-25,29,31-36,54H,10-17,20-21,50H2,1-5H3,(H2,51,65)(H2,52,66)(H,53,57)(H,55,67)(H,56,71)(H,58,74)(H,59,68)(H,60,72)(H,61,77)(H,62,76)(H,63,73)(H,64,75)(H,69,70)(H,78,79)/t25-,29-,31-,32-,33-,34-,35-,36-/m0/s1. The number of nitrogens with zero attached hydrogens (tertiary/aromatic N) is 1. The Balaban J connectivity index is 1.61. The van der Waals surface area contributed by atoms with Crippen molar-refractivity contribution in [1.82, 2.24) is 62.8 Å². The predicted molar refractivity (Wildman–Crippen MR) is 279 cm³/mol. The van der Waals surface area contributed by atoms with E-state index in [0.29, 0.717) is 11.3 Å².